The minimum Gasteiger partial charge on any atom is -0.378 e. The number of carbonyl (C=O) groups excluding carboxylic acids is 1. The van der Waals surface area contributed by atoms with Crippen LogP contribution in [-0.4, -0.2) is 44.5 Å². The smallest absolute Gasteiger partial charge is 0.273 e. The molecule has 9 heteroatoms. The molecule has 1 unspecified atom stereocenters. The van der Waals surface area contributed by atoms with Gasteiger partial charge in [-0.15, -0.1) is 0 Å². The predicted molar refractivity (Wildman–Crippen MR) is 117 cm³/mol. The minimum atomic E-state index is -0.329. The molecule has 0 saturated carbocycles. The lowest BCUT2D eigenvalue weighted by Gasteiger charge is -2.25. The van der Waals surface area contributed by atoms with Gasteiger partial charge in [-0.25, -0.2) is 0 Å². The van der Waals surface area contributed by atoms with Crippen molar-refractivity contribution in [1.29, 1.82) is 5.41 Å². The molecule has 1 saturated heterocycles. The number of rotatable bonds is 9. The summed E-state index contributed by atoms with van der Waals surface area (Å²) in [6.45, 7) is 6.66. The number of hydrogen-bond donors (Lipinski definition) is 5. The summed E-state index contributed by atoms with van der Waals surface area (Å²) in [6.07, 6.45) is 2.89. The summed E-state index contributed by atoms with van der Waals surface area (Å²) in [5.41, 5.74) is 1.80. The second-order valence-electron chi connectivity index (χ2n) is 6.54. The Kier molecular flexibility index (Phi) is 9.47. The van der Waals surface area contributed by atoms with Gasteiger partial charge in [-0.1, -0.05) is 29.3 Å². The molecule has 1 aliphatic heterocycles. The van der Waals surface area contributed by atoms with Crippen LogP contribution in [0, 0.1) is 5.41 Å². The van der Waals surface area contributed by atoms with E-state index in [1.54, 1.807) is 25.1 Å². The van der Waals surface area contributed by atoms with Gasteiger partial charge < -0.3 is 31.4 Å². The van der Waals surface area contributed by atoms with Crippen LogP contribution in [0.2, 0.25) is 10.0 Å². The molecule has 1 aromatic carbocycles. The van der Waals surface area contributed by atoms with Gasteiger partial charge in [0.1, 0.15) is 11.5 Å². The quantitative estimate of drug-likeness (QED) is 0.300. The molecule has 1 atom stereocenters. The van der Waals surface area contributed by atoms with Crippen molar-refractivity contribution in [2.24, 2.45) is 0 Å². The average Bonchev–Trinajstić information content (AvgIpc) is 2.74. The van der Waals surface area contributed by atoms with Crippen molar-refractivity contribution in [2.45, 2.75) is 26.5 Å². The zero-order valence-electron chi connectivity index (χ0n) is 16.6. The molecule has 1 heterocycles. The Labute approximate surface area is 181 Å². The van der Waals surface area contributed by atoms with Crippen molar-refractivity contribution in [3.05, 3.63) is 57.0 Å². The monoisotopic (exact) mass is 439 g/mol. The zero-order chi connectivity index (χ0) is 21.2. The van der Waals surface area contributed by atoms with E-state index in [1.165, 1.54) is 0 Å². The maximum Gasteiger partial charge on any atom is 0.273 e. The minimum absolute atomic E-state index is 0.0287. The maximum atomic E-state index is 12.8. The third-order valence-corrected chi connectivity index (χ3v) is 5.09. The number of allylic oxidation sites excluding steroid dienone is 2. The summed E-state index contributed by atoms with van der Waals surface area (Å²) in [5.74, 6) is 0.221. The molecule has 0 radical (unpaired) electrons. The zero-order valence-corrected chi connectivity index (χ0v) is 18.1. The predicted octanol–water partition coefficient (Wildman–Crippen LogP) is 2.56. The molecule has 0 aromatic heterocycles. The number of morpholine rings is 1. The van der Waals surface area contributed by atoms with Crippen LogP contribution in [0.4, 0.5) is 0 Å². The fourth-order valence-electron chi connectivity index (χ4n) is 2.69. The van der Waals surface area contributed by atoms with Gasteiger partial charge in [0.25, 0.3) is 5.91 Å². The van der Waals surface area contributed by atoms with Crippen molar-refractivity contribution in [3.8, 4) is 0 Å². The normalized spacial score (nSPS) is 17.9. The van der Waals surface area contributed by atoms with Gasteiger partial charge in [0, 0.05) is 32.4 Å². The molecule has 7 nitrogen and oxygen atoms in total. The largest absolute Gasteiger partial charge is 0.378 e. The number of carbonyl (C=O) groups is 1. The van der Waals surface area contributed by atoms with E-state index in [0.29, 0.717) is 46.8 Å². The van der Waals surface area contributed by atoms with E-state index in [-0.39, 0.29) is 12.0 Å². The molecular weight excluding hydrogens is 413 g/mol. The summed E-state index contributed by atoms with van der Waals surface area (Å²) in [6, 6.07) is 5.37. The summed E-state index contributed by atoms with van der Waals surface area (Å²) < 4.78 is 5.65. The molecule has 29 heavy (non-hydrogen) atoms. The highest BCUT2D eigenvalue weighted by Crippen LogP contribution is 2.22. The van der Waals surface area contributed by atoms with Gasteiger partial charge in [-0.05, 0) is 43.2 Å². The molecule has 158 valence electrons. The SMILES string of the molecule is C/C=C(\NCc1ccc(Cl)c(Cl)c1)NC(=O)/C(NCC1CNCCO1)=C(\C)C=N. The van der Waals surface area contributed by atoms with Crippen LogP contribution in [0.15, 0.2) is 41.4 Å². The molecular formula is C20H27Cl2N5O2. The molecule has 1 fully saturated rings. The highest BCUT2D eigenvalue weighted by atomic mass is 35.5. The van der Waals surface area contributed by atoms with Gasteiger partial charge in [-0.3, -0.25) is 4.79 Å². The van der Waals surface area contributed by atoms with Crippen LogP contribution in [0.5, 0.6) is 0 Å². The molecule has 1 aliphatic rings. The average molecular weight is 440 g/mol. The summed E-state index contributed by atoms with van der Waals surface area (Å²) >= 11 is 12.0. The Hall–Kier alpha value is -2.06. The Morgan fingerprint density at radius 3 is 2.76 bits per heavy atom. The number of nitrogens with one attached hydrogen (secondary N) is 5. The van der Waals surface area contributed by atoms with Crippen molar-refractivity contribution < 1.29 is 9.53 Å². The first-order chi connectivity index (χ1) is 13.9. The lowest BCUT2D eigenvalue weighted by molar-refractivity contribution is -0.117. The van der Waals surface area contributed by atoms with E-state index in [1.807, 2.05) is 13.0 Å². The van der Waals surface area contributed by atoms with E-state index in [0.717, 1.165) is 24.9 Å². The van der Waals surface area contributed by atoms with Crippen LogP contribution in [0.1, 0.15) is 19.4 Å². The lowest BCUT2D eigenvalue weighted by atomic mass is 10.2. The molecule has 2 rings (SSSR count). The van der Waals surface area contributed by atoms with Gasteiger partial charge in [0.15, 0.2) is 0 Å². The second kappa shape index (κ2) is 11.8. The number of amides is 1. The number of halogens is 2. The van der Waals surface area contributed by atoms with E-state index in [4.69, 9.17) is 33.3 Å². The third kappa shape index (κ3) is 7.36. The summed E-state index contributed by atoms with van der Waals surface area (Å²) in [7, 11) is 0. The fraction of sp³-hybridized carbons (Fsp3) is 0.400. The first kappa shape index (κ1) is 23.2. The van der Waals surface area contributed by atoms with E-state index in [9.17, 15) is 4.79 Å². The molecule has 0 bridgehead atoms. The van der Waals surface area contributed by atoms with Gasteiger partial charge in [-0.2, -0.15) is 0 Å². The van der Waals surface area contributed by atoms with Crippen LogP contribution >= 0.6 is 23.2 Å². The van der Waals surface area contributed by atoms with Crippen LogP contribution < -0.4 is 21.3 Å². The van der Waals surface area contributed by atoms with Crippen LogP contribution in [-0.2, 0) is 16.1 Å². The van der Waals surface area contributed by atoms with Crippen molar-refractivity contribution in [3.63, 3.8) is 0 Å². The highest BCUT2D eigenvalue weighted by molar-refractivity contribution is 6.42. The van der Waals surface area contributed by atoms with Crippen molar-refractivity contribution >= 4 is 35.3 Å². The molecule has 0 spiro atoms. The Bertz CT molecular complexity index is 789. The summed E-state index contributed by atoms with van der Waals surface area (Å²) in [5, 5.41) is 20.9. The van der Waals surface area contributed by atoms with Gasteiger partial charge in [0.05, 0.1) is 22.8 Å². The van der Waals surface area contributed by atoms with Crippen LogP contribution in [0.25, 0.3) is 0 Å². The Morgan fingerprint density at radius 1 is 1.34 bits per heavy atom. The first-order valence-corrected chi connectivity index (χ1v) is 10.1. The molecule has 1 aromatic rings. The van der Waals surface area contributed by atoms with Gasteiger partial charge >= 0.3 is 0 Å². The molecule has 5 N–H and O–H groups in total. The lowest BCUT2D eigenvalue weighted by Crippen LogP contribution is -2.45. The first-order valence-electron chi connectivity index (χ1n) is 9.37. The Balaban J connectivity index is 1.96. The number of ether oxygens (including phenoxy) is 1. The van der Waals surface area contributed by atoms with Gasteiger partial charge in [0.2, 0.25) is 0 Å². The van der Waals surface area contributed by atoms with E-state index in [2.05, 4.69) is 21.3 Å². The topological polar surface area (TPSA) is 98.3 Å². The number of benzene rings is 1. The van der Waals surface area contributed by atoms with Crippen molar-refractivity contribution in [1.82, 2.24) is 21.3 Å². The molecule has 1 amide bonds. The summed E-state index contributed by atoms with van der Waals surface area (Å²) in [4.78, 5) is 12.8. The highest BCUT2D eigenvalue weighted by Gasteiger charge is 2.18. The maximum absolute atomic E-state index is 12.8. The Morgan fingerprint density at radius 2 is 2.14 bits per heavy atom. The van der Waals surface area contributed by atoms with E-state index >= 15 is 0 Å². The fourth-order valence-corrected chi connectivity index (χ4v) is 3.01. The number of hydrogen-bond acceptors (Lipinski definition) is 6. The standard InChI is InChI=1S/C20H27Cl2N5O2/c1-3-18(25-10-14-4-5-16(21)17(22)8-14)27-20(28)19(13(2)9-23)26-12-15-11-24-6-7-29-15/h3-5,8-9,15,23-26H,6-7,10-12H2,1-2H3,(H,27,28)/b18-3+,19-13-,23-9?. The molecule has 0 aliphatic carbocycles. The van der Waals surface area contributed by atoms with E-state index < -0.39 is 0 Å². The second-order valence-corrected chi connectivity index (χ2v) is 7.35. The van der Waals surface area contributed by atoms with Crippen LogP contribution in [0.3, 0.4) is 0 Å². The van der Waals surface area contributed by atoms with Crippen molar-refractivity contribution in [2.75, 3.05) is 26.2 Å². The third-order valence-electron chi connectivity index (χ3n) is 4.35.